The van der Waals surface area contributed by atoms with Gasteiger partial charge in [0.25, 0.3) is 0 Å². The van der Waals surface area contributed by atoms with E-state index in [1.807, 2.05) is 12.2 Å². The van der Waals surface area contributed by atoms with Crippen LogP contribution in [0.3, 0.4) is 0 Å². The van der Waals surface area contributed by atoms with Gasteiger partial charge < -0.3 is 11.8 Å². The summed E-state index contributed by atoms with van der Waals surface area (Å²) < 4.78 is 0. The van der Waals surface area contributed by atoms with Gasteiger partial charge in [0, 0.05) is 0 Å². The third-order valence-corrected chi connectivity index (χ3v) is 0.586. The Morgan fingerprint density at radius 1 is 0.929 bits per heavy atom. The van der Waals surface area contributed by atoms with Crippen molar-refractivity contribution in [3.63, 3.8) is 0 Å². The minimum Gasteiger partial charge on any atom is -0.323 e. The van der Waals surface area contributed by atoms with Gasteiger partial charge in [-0.05, 0) is 0 Å². The van der Waals surface area contributed by atoms with Gasteiger partial charge in [0.1, 0.15) is 0 Å². The molecule has 0 N–H and O–H groups in total. The molecule has 0 aromatic heterocycles. The predicted octanol–water partition coefficient (Wildman–Crippen LogP) is 4.54. The Bertz CT molecular complexity index is 111. The Kier molecular flexibility index (Phi) is 22.1. The zero-order chi connectivity index (χ0) is 10.7. The van der Waals surface area contributed by atoms with Gasteiger partial charge in [0.2, 0.25) is 0 Å². The quantitative estimate of drug-likeness (QED) is 0.421. The number of rotatable bonds is 0. The normalized spacial score (nSPS) is 11.4. The molecule has 0 atom stereocenters. The van der Waals surface area contributed by atoms with Crippen LogP contribution in [0.5, 0.6) is 0 Å². The summed E-state index contributed by atoms with van der Waals surface area (Å²) in [7, 11) is 0. The Hall–Kier alpha value is 0.194. The van der Waals surface area contributed by atoms with Gasteiger partial charge in [-0.15, -0.1) is 6.42 Å². The maximum Gasteiger partial charge on any atom is 3.00 e. The smallest absolute Gasteiger partial charge is 0.323 e. The predicted molar refractivity (Wildman–Crippen MR) is 62.1 cm³/mol. The van der Waals surface area contributed by atoms with Crippen LogP contribution in [-0.2, 0) is 21.7 Å². The molecule has 0 aromatic rings. The van der Waals surface area contributed by atoms with Crippen molar-refractivity contribution >= 4 is 0 Å². The molecule has 0 unspecified atom stereocenters. The van der Waals surface area contributed by atoms with E-state index in [-0.39, 0.29) is 21.7 Å². The molecule has 1 rings (SSSR count). The largest absolute Gasteiger partial charge is 3.00 e. The summed E-state index contributed by atoms with van der Waals surface area (Å²) in [6, 6.07) is 0. The zero-order valence-corrected chi connectivity index (χ0v) is 12.0. The van der Waals surface area contributed by atoms with Gasteiger partial charge in [-0.2, -0.15) is 47.6 Å². The summed E-state index contributed by atoms with van der Waals surface area (Å²) in [6.45, 7) is 12.5. The fraction of sp³-hybridized carbons (Fsp3) is 0.538. The molecule has 0 saturated heterocycles. The molecule has 0 aliphatic heterocycles. The Morgan fingerprint density at radius 3 is 1.36 bits per heavy atom. The van der Waals surface area contributed by atoms with E-state index in [0.717, 1.165) is 6.42 Å². The van der Waals surface area contributed by atoms with Crippen LogP contribution < -0.4 is 0 Å². The van der Waals surface area contributed by atoms with E-state index < -0.39 is 0 Å². The van der Waals surface area contributed by atoms with Crippen molar-refractivity contribution in [3.8, 4) is 0 Å². The average Bonchev–Trinajstić information content (AvgIpc) is 2.35. The molecule has 0 fully saturated rings. The molecular formula is C13H23Ti. The van der Waals surface area contributed by atoms with E-state index in [0.29, 0.717) is 0 Å². The molecule has 0 amide bonds. The average molecular weight is 227 g/mol. The Morgan fingerprint density at radius 2 is 1.29 bits per heavy atom. The molecule has 0 bridgehead atoms. The summed E-state index contributed by atoms with van der Waals surface area (Å²) in [6.07, 6.45) is 10.0. The minimum atomic E-state index is 0. The van der Waals surface area contributed by atoms with E-state index in [1.54, 1.807) is 0 Å². The molecule has 0 spiro atoms. The van der Waals surface area contributed by atoms with Crippen LogP contribution in [0.2, 0.25) is 0 Å². The number of allylic oxidation sites excluding steroid dienone is 4. The second kappa shape index (κ2) is 15.7. The van der Waals surface area contributed by atoms with E-state index in [2.05, 4.69) is 53.7 Å². The third kappa shape index (κ3) is 56.6. The first-order chi connectivity index (χ1) is 5.96. The maximum absolute atomic E-state index is 2.99. The molecule has 1 radical (unpaired) electrons. The Labute approximate surface area is 106 Å². The van der Waals surface area contributed by atoms with Crippen LogP contribution in [0.4, 0.5) is 0 Å². The first kappa shape index (κ1) is 19.7. The van der Waals surface area contributed by atoms with E-state index in [9.17, 15) is 0 Å². The standard InChI is InChI=1S/C5H5.2C4H9.Ti/c1-2-4-5-3-1;2*1-4(2)3;/h1-3H,4H2;2*1-3H3;/q3*-1;+3. The van der Waals surface area contributed by atoms with Crippen LogP contribution in [0, 0.1) is 17.9 Å². The number of hydrogen-bond donors (Lipinski definition) is 0. The first-order valence-corrected chi connectivity index (χ1v) is 4.72. The first-order valence-electron chi connectivity index (χ1n) is 4.72. The van der Waals surface area contributed by atoms with Gasteiger partial charge in [0.15, 0.2) is 0 Å². The molecule has 1 heteroatoms. The van der Waals surface area contributed by atoms with Crippen LogP contribution in [0.25, 0.3) is 0 Å². The van der Waals surface area contributed by atoms with Crippen molar-refractivity contribution in [3.05, 3.63) is 36.1 Å². The molecule has 14 heavy (non-hydrogen) atoms. The summed E-state index contributed by atoms with van der Waals surface area (Å²) in [5.41, 5.74) is 0. The van der Waals surface area contributed by atoms with E-state index >= 15 is 0 Å². The van der Waals surface area contributed by atoms with Crippen LogP contribution in [0.15, 0.2) is 18.2 Å². The topological polar surface area (TPSA) is 0 Å². The van der Waals surface area contributed by atoms with Crippen molar-refractivity contribution in [2.75, 3.05) is 0 Å². The van der Waals surface area contributed by atoms with Crippen LogP contribution in [0.1, 0.15) is 48.0 Å². The molecule has 0 aromatic carbocycles. The summed E-state index contributed by atoms with van der Waals surface area (Å²) in [5, 5.41) is 0. The number of hydrogen-bond acceptors (Lipinski definition) is 0. The molecule has 1 aliphatic rings. The molecule has 0 heterocycles. The molecule has 79 valence electrons. The minimum absolute atomic E-state index is 0. The van der Waals surface area contributed by atoms with Gasteiger partial charge in [-0.1, -0.05) is 0 Å². The maximum atomic E-state index is 2.99. The molecule has 1 aliphatic carbocycles. The molecule has 0 nitrogen and oxygen atoms in total. The fourth-order valence-corrected chi connectivity index (χ4v) is 0.340. The van der Waals surface area contributed by atoms with Crippen molar-refractivity contribution in [2.24, 2.45) is 0 Å². The van der Waals surface area contributed by atoms with E-state index in [1.165, 1.54) is 11.8 Å². The van der Waals surface area contributed by atoms with Crippen molar-refractivity contribution in [1.82, 2.24) is 0 Å². The van der Waals surface area contributed by atoms with Crippen molar-refractivity contribution < 1.29 is 21.7 Å². The summed E-state index contributed by atoms with van der Waals surface area (Å²) in [4.78, 5) is 0. The second-order valence-corrected chi connectivity index (χ2v) is 4.00. The monoisotopic (exact) mass is 227 g/mol. The van der Waals surface area contributed by atoms with Crippen LogP contribution in [-0.4, -0.2) is 0 Å². The van der Waals surface area contributed by atoms with Gasteiger partial charge >= 0.3 is 21.7 Å². The summed E-state index contributed by atoms with van der Waals surface area (Å²) in [5.74, 6) is 2.83. The third-order valence-electron chi connectivity index (χ3n) is 0.586. The van der Waals surface area contributed by atoms with Gasteiger partial charge in [-0.3, -0.25) is 6.08 Å². The summed E-state index contributed by atoms with van der Waals surface area (Å²) >= 11 is 0. The van der Waals surface area contributed by atoms with Crippen molar-refractivity contribution in [2.45, 2.75) is 48.0 Å². The molecule has 0 saturated carbocycles. The second-order valence-electron chi connectivity index (χ2n) is 4.00. The van der Waals surface area contributed by atoms with Crippen LogP contribution >= 0.6 is 0 Å². The fourth-order valence-electron chi connectivity index (χ4n) is 0.340. The van der Waals surface area contributed by atoms with Gasteiger partial charge in [0.05, 0.1) is 0 Å². The zero-order valence-electron chi connectivity index (χ0n) is 10.4. The van der Waals surface area contributed by atoms with Gasteiger partial charge in [-0.25, -0.2) is 12.2 Å². The Balaban J connectivity index is -0.000000127. The van der Waals surface area contributed by atoms with E-state index in [4.69, 9.17) is 0 Å². The molecular weight excluding hydrogens is 204 g/mol. The SMILES string of the molecule is C[C-](C)C.C[C-](C)C.[C-]1=CC=CC1.[Ti+3]. The van der Waals surface area contributed by atoms with Crippen molar-refractivity contribution in [1.29, 1.82) is 0 Å².